The van der Waals surface area contributed by atoms with Gasteiger partial charge in [0.25, 0.3) is 0 Å². The number of aryl methyl sites for hydroxylation is 1. The molecule has 0 N–H and O–H groups in total. The molecule has 3 aromatic carbocycles. The third-order valence-electron chi connectivity index (χ3n) is 6.48. The monoisotopic (exact) mass is 560 g/mol. The number of ether oxygens (including phenoxy) is 2. The third kappa shape index (κ3) is 5.99. The lowest BCUT2D eigenvalue weighted by Gasteiger charge is -2.13. The van der Waals surface area contributed by atoms with E-state index in [-0.39, 0.29) is 28.8 Å². The fraction of sp³-hybridized carbons (Fsp3) is 0.258. The van der Waals surface area contributed by atoms with Gasteiger partial charge in [-0.1, -0.05) is 74.0 Å². The fourth-order valence-electron chi connectivity index (χ4n) is 4.46. The average Bonchev–Trinajstić information content (AvgIpc) is 3.35. The van der Waals surface area contributed by atoms with Crippen LogP contribution in [0.1, 0.15) is 58.9 Å². The summed E-state index contributed by atoms with van der Waals surface area (Å²) in [5.41, 5.74) is 2.74. The van der Waals surface area contributed by atoms with Crippen LogP contribution in [0.25, 0.3) is 11.1 Å². The molecule has 0 atom stereocenters. The summed E-state index contributed by atoms with van der Waals surface area (Å²) >= 11 is 0. The first-order valence-corrected chi connectivity index (χ1v) is 14.6. The van der Waals surface area contributed by atoms with Crippen LogP contribution in [0.3, 0.4) is 0 Å². The van der Waals surface area contributed by atoms with Crippen LogP contribution in [0.2, 0.25) is 0 Å². The maximum Gasteiger partial charge on any atom is 0.358 e. The fourth-order valence-corrected chi connectivity index (χ4v) is 5.87. The number of sulfone groups is 1. The highest BCUT2D eigenvalue weighted by atomic mass is 32.2. The molecule has 40 heavy (non-hydrogen) atoms. The Morgan fingerprint density at radius 3 is 2.20 bits per heavy atom. The minimum atomic E-state index is -4.09. The Bertz CT molecular complexity index is 1590. The van der Waals surface area contributed by atoms with Gasteiger partial charge in [-0.3, -0.25) is 0 Å². The van der Waals surface area contributed by atoms with E-state index in [0.717, 1.165) is 29.5 Å². The second-order valence-electron chi connectivity index (χ2n) is 9.14. The van der Waals surface area contributed by atoms with Crippen LogP contribution in [-0.2, 0) is 32.3 Å². The maximum atomic E-state index is 13.6. The van der Waals surface area contributed by atoms with E-state index in [0.29, 0.717) is 17.8 Å². The summed E-state index contributed by atoms with van der Waals surface area (Å²) in [6.45, 7) is 4.01. The molecular weight excluding hydrogens is 528 g/mol. The van der Waals surface area contributed by atoms with Crippen molar-refractivity contribution in [2.45, 2.75) is 49.6 Å². The van der Waals surface area contributed by atoms with Gasteiger partial charge < -0.3 is 14.0 Å². The Balaban J connectivity index is 1.80. The number of carbonyl (C=O) groups is 2. The molecule has 208 valence electrons. The van der Waals surface area contributed by atoms with Crippen molar-refractivity contribution in [1.82, 2.24) is 9.55 Å². The summed E-state index contributed by atoms with van der Waals surface area (Å²) in [5, 5.41) is -0.299. The number of nitrogens with zero attached hydrogens (tertiary/aromatic N) is 2. The second-order valence-corrected chi connectivity index (χ2v) is 11.0. The quantitative estimate of drug-likeness (QED) is 0.216. The van der Waals surface area contributed by atoms with Crippen LogP contribution >= 0.6 is 0 Å². The molecule has 0 saturated carbocycles. The van der Waals surface area contributed by atoms with Crippen LogP contribution in [-0.4, -0.2) is 43.6 Å². The van der Waals surface area contributed by atoms with Gasteiger partial charge in [0.1, 0.15) is 5.82 Å². The topological polar surface area (TPSA) is 105 Å². The lowest BCUT2D eigenvalue weighted by atomic mass is 9.98. The number of unbranched alkanes of at least 4 members (excludes halogenated alkanes) is 1. The van der Waals surface area contributed by atoms with Crippen LogP contribution < -0.4 is 0 Å². The van der Waals surface area contributed by atoms with Crippen molar-refractivity contribution in [2.24, 2.45) is 0 Å². The van der Waals surface area contributed by atoms with E-state index in [1.165, 1.54) is 19.2 Å². The zero-order valence-corrected chi connectivity index (χ0v) is 23.6. The molecule has 1 heterocycles. The van der Waals surface area contributed by atoms with Gasteiger partial charge >= 0.3 is 11.9 Å². The largest absolute Gasteiger partial charge is 0.465 e. The van der Waals surface area contributed by atoms with Crippen molar-refractivity contribution in [3.8, 4) is 11.1 Å². The molecule has 0 radical (unpaired) electrons. The van der Waals surface area contributed by atoms with Gasteiger partial charge in [-0.15, -0.1) is 0 Å². The summed E-state index contributed by atoms with van der Waals surface area (Å²) in [7, 11) is -2.74. The number of hydrogen-bond donors (Lipinski definition) is 0. The molecule has 4 rings (SSSR count). The summed E-state index contributed by atoms with van der Waals surface area (Å²) in [4.78, 5) is 30.1. The third-order valence-corrected chi connectivity index (χ3v) is 8.17. The molecular formula is C31H32N2O6S. The van der Waals surface area contributed by atoms with Crippen LogP contribution in [0.5, 0.6) is 0 Å². The lowest BCUT2D eigenvalue weighted by Crippen LogP contribution is -2.18. The van der Waals surface area contributed by atoms with E-state index in [1.807, 2.05) is 43.3 Å². The van der Waals surface area contributed by atoms with Gasteiger partial charge in [0, 0.05) is 13.0 Å². The molecule has 0 amide bonds. The summed E-state index contributed by atoms with van der Waals surface area (Å²) in [5.74, 6) is -0.666. The van der Waals surface area contributed by atoms with Gasteiger partial charge in [0.05, 0.1) is 24.2 Å². The number of aromatic nitrogens is 2. The van der Waals surface area contributed by atoms with Gasteiger partial charge in [-0.25, -0.2) is 23.0 Å². The van der Waals surface area contributed by atoms with E-state index in [1.54, 1.807) is 41.8 Å². The number of methoxy groups -OCH3 is 1. The van der Waals surface area contributed by atoms with Crippen molar-refractivity contribution >= 4 is 21.8 Å². The smallest absolute Gasteiger partial charge is 0.358 e. The minimum Gasteiger partial charge on any atom is -0.465 e. The van der Waals surface area contributed by atoms with Crippen molar-refractivity contribution in [3.05, 3.63) is 102 Å². The number of carbonyl (C=O) groups excluding carboxylic acids is 2. The Morgan fingerprint density at radius 1 is 0.875 bits per heavy atom. The Kier molecular flexibility index (Phi) is 9.16. The van der Waals surface area contributed by atoms with Gasteiger partial charge in [0.2, 0.25) is 9.84 Å². The van der Waals surface area contributed by atoms with E-state index >= 15 is 0 Å². The summed E-state index contributed by atoms with van der Waals surface area (Å²) in [6.07, 6.45) is 2.14. The van der Waals surface area contributed by atoms with Crippen molar-refractivity contribution in [2.75, 3.05) is 13.7 Å². The molecule has 0 spiro atoms. The molecule has 4 aromatic rings. The Morgan fingerprint density at radius 2 is 1.55 bits per heavy atom. The highest BCUT2D eigenvalue weighted by Crippen LogP contribution is 2.29. The predicted molar refractivity (Wildman–Crippen MR) is 151 cm³/mol. The predicted octanol–water partition coefficient (Wildman–Crippen LogP) is 5.74. The van der Waals surface area contributed by atoms with E-state index in [4.69, 9.17) is 9.47 Å². The van der Waals surface area contributed by atoms with E-state index < -0.39 is 21.8 Å². The highest BCUT2D eigenvalue weighted by molar-refractivity contribution is 7.91. The molecule has 9 heteroatoms. The molecule has 0 aliphatic heterocycles. The van der Waals surface area contributed by atoms with Crippen molar-refractivity contribution < 1.29 is 27.5 Å². The molecule has 0 aliphatic carbocycles. The Hall–Kier alpha value is -4.24. The first-order chi connectivity index (χ1) is 19.3. The van der Waals surface area contributed by atoms with Crippen LogP contribution in [0.4, 0.5) is 0 Å². The van der Waals surface area contributed by atoms with E-state index in [2.05, 4.69) is 4.98 Å². The zero-order valence-electron chi connectivity index (χ0n) is 22.8. The molecule has 8 nitrogen and oxygen atoms in total. The first kappa shape index (κ1) is 28.8. The molecule has 0 saturated heterocycles. The van der Waals surface area contributed by atoms with Crippen molar-refractivity contribution in [1.29, 1.82) is 0 Å². The Labute approximate surface area is 234 Å². The minimum absolute atomic E-state index is 0.0564. The molecule has 0 fully saturated rings. The van der Waals surface area contributed by atoms with Crippen LogP contribution in [0.15, 0.2) is 88.8 Å². The van der Waals surface area contributed by atoms with Crippen LogP contribution in [0, 0.1) is 0 Å². The summed E-state index contributed by atoms with van der Waals surface area (Å²) < 4.78 is 39.2. The molecule has 0 aliphatic rings. The van der Waals surface area contributed by atoms with Gasteiger partial charge in [-0.05, 0) is 48.2 Å². The molecule has 0 unspecified atom stereocenters. The number of benzene rings is 3. The molecule has 1 aromatic heterocycles. The first-order valence-electron chi connectivity index (χ1n) is 13.1. The number of esters is 2. The normalized spacial score (nSPS) is 11.3. The van der Waals surface area contributed by atoms with Gasteiger partial charge in [0.15, 0.2) is 10.7 Å². The second kappa shape index (κ2) is 12.7. The lowest BCUT2D eigenvalue weighted by molar-refractivity contribution is 0.0508. The highest BCUT2D eigenvalue weighted by Gasteiger charge is 2.33. The number of hydrogen-bond acceptors (Lipinski definition) is 7. The zero-order chi connectivity index (χ0) is 28.7. The standard InChI is InChI=1S/C31H32N2O6S/c1-4-6-16-27-32-29(40(36,37)24-12-8-7-9-13-24)28(31(35)39-5-2)33(27)21-22-17-19-23(20-18-22)25-14-10-11-15-26(25)30(34)38-3/h7-15,17-20H,4-6,16,21H2,1-3H3. The summed E-state index contributed by atoms with van der Waals surface area (Å²) in [6, 6.07) is 22.7. The SMILES string of the molecule is CCCCc1nc(S(=O)(=O)c2ccccc2)c(C(=O)OCC)n1Cc1ccc(-c2ccccc2C(=O)OC)cc1. The molecule has 0 bridgehead atoms. The average molecular weight is 561 g/mol. The number of imidazole rings is 1. The van der Waals surface area contributed by atoms with E-state index in [9.17, 15) is 18.0 Å². The maximum absolute atomic E-state index is 13.6. The van der Waals surface area contributed by atoms with Crippen molar-refractivity contribution in [3.63, 3.8) is 0 Å². The number of rotatable bonds is 11. The van der Waals surface area contributed by atoms with Gasteiger partial charge in [-0.2, -0.15) is 0 Å².